The van der Waals surface area contributed by atoms with E-state index in [1.165, 1.54) is 18.0 Å². The highest BCUT2D eigenvalue weighted by molar-refractivity contribution is 7.99. The molecule has 78 valence electrons. The second kappa shape index (κ2) is 5.02. The lowest BCUT2D eigenvalue weighted by molar-refractivity contribution is -0.138. The highest BCUT2D eigenvalue weighted by atomic mass is 32.2. The topological polar surface area (TPSA) is 83.6 Å². The van der Waals surface area contributed by atoms with Crippen LogP contribution in [0.2, 0.25) is 0 Å². The van der Waals surface area contributed by atoms with Crippen molar-refractivity contribution in [3.05, 3.63) is 12.0 Å². The number of aromatic nitrogens is 1. The van der Waals surface area contributed by atoms with E-state index in [-0.39, 0.29) is 12.2 Å². The molecule has 0 bridgehead atoms. The van der Waals surface area contributed by atoms with Gasteiger partial charge in [-0.15, -0.1) is 0 Å². The van der Waals surface area contributed by atoms with Crippen molar-refractivity contribution in [3.8, 4) is 0 Å². The van der Waals surface area contributed by atoms with Gasteiger partial charge in [-0.05, 0) is 6.92 Å². The zero-order valence-corrected chi connectivity index (χ0v) is 8.45. The van der Waals surface area contributed by atoms with Gasteiger partial charge in [0.25, 0.3) is 5.22 Å². The minimum atomic E-state index is -1.01. The summed E-state index contributed by atoms with van der Waals surface area (Å²) in [5.41, 5.74) is 0.764. The molecule has 1 aromatic rings. The number of hydrogen-bond donors (Lipinski definition) is 2. The van der Waals surface area contributed by atoms with Gasteiger partial charge >= 0.3 is 5.97 Å². The summed E-state index contributed by atoms with van der Waals surface area (Å²) in [7, 11) is 0. The molecule has 1 unspecified atom stereocenters. The molecule has 2 N–H and O–H groups in total. The van der Waals surface area contributed by atoms with Crippen molar-refractivity contribution >= 4 is 17.7 Å². The summed E-state index contributed by atoms with van der Waals surface area (Å²) < 4.78 is 5.01. The van der Waals surface area contributed by atoms with Crippen molar-refractivity contribution in [2.24, 2.45) is 0 Å². The number of hydrogen-bond acceptors (Lipinski definition) is 5. The predicted molar refractivity (Wildman–Crippen MR) is 50.2 cm³/mol. The van der Waals surface area contributed by atoms with E-state index in [0.717, 1.165) is 5.69 Å². The van der Waals surface area contributed by atoms with Gasteiger partial charge in [0.2, 0.25) is 0 Å². The Hall–Kier alpha value is -1.01. The predicted octanol–water partition coefficient (Wildman–Crippen LogP) is 0.911. The smallest absolute Gasteiger partial charge is 0.306 e. The first kappa shape index (κ1) is 11.1. The van der Waals surface area contributed by atoms with E-state index in [1.807, 2.05) is 0 Å². The lowest BCUT2D eigenvalue weighted by Gasteiger charge is -2.04. The Morgan fingerprint density at radius 2 is 2.50 bits per heavy atom. The number of aliphatic carboxylic acids is 1. The Bertz CT molecular complexity index is 312. The van der Waals surface area contributed by atoms with Gasteiger partial charge in [-0.3, -0.25) is 4.79 Å². The maximum absolute atomic E-state index is 10.2. The zero-order valence-electron chi connectivity index (χ0n) is 7.64. The maximum Gasteiger partial charge on any atom is 0.306 e. The molecule has 14 heavy (non-hydrogen) atoms. The number of aryl methyl sites for hydroxylation is 1. The van der Waals surface area contributed by atoms with Crippen molar-refractivity contribution in [2.75, 3.05) is 5.75 Å². The van der Waals surface area contributed by atoms with E-state index < -0.39 is 12.1 Å². The van der Waals surface area contributed by atoms with Crippen LogP contribution >= 0.6 is 11.8 Å². The van der Waals surface area contributed by atoms with E-state index in [1.54, 1.807) is 6.92 Å². The molecule has 0 saturated carbocycles. The molecule has 0 aliphatic carbocycles. The highest BCUT2D eigenvalue weighted by Gasteiger charge is 2.11. The Balaban J connectivity index is 2.30. The summed E-state index contributed by atoms with van der Waals surface area (Å²) in [6, 6.07) is 0. The van der Waals surface area contributed by atoms with Gasteiger partial charge in [0, 0.05) is 5.75 Å². The van der Waals surface area contributed by atoms with Gasteiger partial charge in [-0.1, -0.05) is 11.8 Å². The fourth-order valence-corrected chi connectivity index (χ4v) is 1.60. The number of aliphatic hydroxyl groups is 1. The van der Waals surface area contributed by atoms with Crippen molar-refractivity contribution < 1.29 is 19.4 Å². The largest absolute Gasteiger partial charge is 0.481 e. The first-order valence-corrected chi connectivity index (χ1v) is 5.01. The quantitative estimate of drug-likeness (QED) is 0.713. The molecule has 0 radical (unpaired) electrons. The molecule has 0 aliphatic heterocycles. The molecule has 0 aromatic carbocycles. The molecule has 0 saturated heterocycles. The normalized spacial score (nSPS) is 12.7. The van der Waals surface area contributed by atoms with Crippen LogP contribution in [-0.2, 0) is 4.79 Å². The maximum atomic E-state index is 10.2. The van der Waals surface area contributed by atoms with Crippen LogP contribution in [0.5, 0.6) is 0 Å². The lowest BCUT2D eigenvalue weighted by Crippen LogP contribution is -2.15. The zero-order chi connectivity index (χ0) is 10.6. The fourth-order valence-electron chi connectivity index (χ4n) is 0.827. The van der Waals surface area contributed by atoms with E-state index in [0.29, 0.717) is 5.22 Å². The molecule has 6 heteroatoms. The number of carboxylic acid groups (broad SMARTS) is 1. The first-order chi connectivity index (χ1) is 6.58. The van der Waals surface area contributed by atoms with Gasteiger partial charge in [-0.25, -0.2) is 4.98 Å². The number of thioether (sulfide) groups is 1. The molecule has 0 aliphatic rings. The van der Waals surface area contributed by atoms with E-state index in [2.05, 4.69) is 4.98 Å². The van der Waals surface area contributed by atoms with Gasteiger partial charge in [0.15, 0.2) is 0 Å². The third-order valence-electron chi connectivity index (χ3n) is 1.41. The van der Waals surface area contributed by atoms with Gasteiger partial charge in [0.1, 0.15) is 6.26 Å². The van der Waals surface area contributed by atoms with Gasteiger partial charge in [-0.2, -0.15) is 0 Å². The third kappa shape index (κ3) is 3.80. The second-order valence-electron chi connectivity index (χ2n) is 2.82. The summed E-state index contributed by atoms with van der Waals surface area (Å²) in [6.07, 6.45) is 0.378. The number of rotatable bonds is 5. The molecular formula is C8H11NO4S. The van der Waals surface area contributed by atoms with Crippen LogP contribution in [0.1, 0.15) is 12.1 Å². The Kier molecular flexibility index (Phi) is 3.97. The molecule has 1 aromatic heterocycles. The van der Waals surface area contributed by atoms with E-state index >= 15 is 0 Å². The standard InChI is InChI=1S/C8H11NO4S/c1-5-3-13-8(9-5)14-4-6(10)2-7(11)12/h3,6,10H,2,4H2,1H3,(H,11,12). The van der Waals surface area contributed by atoms with Crippen LogP contribution in [0.25, 0.3) is 0 Å². The van der Waals surface area contributed by atoms with Crippen molar-refractivity contribution in [3.63, 3.8) is 0 Å². The number of nitrogens with zero attached hydrogens (tertiary/aromatic N) is 1. The number of carboxylic acids is 1. The SMILES string of the molecule is Cc1coc(SCC(O)CC(=O)O)n1. The van der Waals surface area contributed by atoms with Crippen LogP contribution in [0.3, 0.4) is 0 Å². The summed E-state index contributed by atoms with van der Waals surface area (Å²) in [6.45, 7) is 1.79. The Labute approximate surface area is 85.1 Å². The fraction of sp³-hybridized carbons (Fsp3) is 0.500. The second-order valence-corrected chi connectivity index (χ2v) is 3.79. The van der Waals surface area contributed by atoms with Crippen LogP contribution in [0, 0.1) is 6.92 Å². The summed E-state index contributed by atoms with van der Waals surface area (Å²) in [5.74, 6) is -0.742. The minimum Gasteiger partial charge on any atom is -0.481 e. The highest BCUT2D eigenvalue weighted by Crippen LogP contribution is 2.18. The molecule has 0 fully saturated rings. The third-order valence-corrected chi connectivity index (χ3v) is 2.39. The molecule has 0 amide bonds. The van der Waals surface area contributed by atoms with Crippen molar-refractivity contribution in [2.45, 2.75) is 24.7 Å². The van der Waals surface area contributed by atoms with Gasteiger partial charge < -0.3 is 14.6 Å². The number of aliphatic hydroxyl groups excluding tert-OH is 1. The van der Waals surface area contributed by atoms with E-state index in [9.17, 15) is 9.90 Å². The molecule has 1 atom stereocenters. The van der Waals surface area contributed by atoms with Crippen molar-refractivity contribution in [1.29, 1.82) is 0 Å². The molecule has 0 spiro atoms. The monoisotopic (exact) mass is 217 g/mol. The van der Waals surface area contributed by atoms with Crippen LogP contribution in [0.4, 0.5) is 0 Å². The Morgan fingerprint density at radius 3 is 3.00 bits per heavy atom. The average Bonchev–Trinajstić information content (AvgIpc) is 2.47. The molecular weight excluding hydrogens is 206 g/mol. The lowest BCUT2D eigenvalue weighted by atomic mass is 10.3. The number of oxazole rings is 1. The Morgan fingerprint density at radius 1 is 1.79 bits per heavy atom. The molecule has 1 rings (SSSR count). The van der Waals surface area contributed by atoms with Crippen LogP contribution < -0.4 is 0 Å². The summed E-state index contributed by atoms with van der Waals surface area (Å²) in [4.78, 5) is 14.2. The average molecular weight is 217 g/mol. The van der Waals surface area contributed by atoms with Gasteiger partial charge in [0.05, 0.1) is 18.2 Å². The first-order valence-electron chi connectivity index (χ1n) is 4.02. The summed E-state index contributed by atoms with van der Waals surface area (Å²) >= 11 is 1.20. The molecule has 5 nitrogen and oxygen atoms in total. The summed E-state index contributed by atoms with van der Waals surface area (Å²) in [5, 5.41) is 18.0. The van der Waals surface area contributed by atoms with Crippen molar-refractivity contribution in [1.82, 2.24) is 4.98 Å². The van der Waals surface area contributed by atoms with E-state index in [4.69, 9.17) is 9.52 Å². The number of carbonyl (C=O) groups is 1. The van der Waals surface area contributed by atoms with Crippen LogP contribution in [0.15, 0.2) is 15.9 Å². The van der Waals surface area contributed by atoms with Crippen LogP contribution in [-0.4, -0.2) is 33.0 Å². The minimum absolute atomic E-state index is 0.257. The molecule has 1 heterocycles.